The molecule has 3 aromatic rings. The van der Waals surface area contributed by atoms with Gasteiger partial charge in [-0.2, -0.15) is 0 Å². The van der Waals surface area contributed by atoms with Gasteiger partial charge in [-0.25, -0.2) is 8.42 Å². The Bertz CT molecular complexity index is 1230. The van der Waals surface area contributed by atoms with Gasteiger partial charge in [-0.1, -0.05) is 35.9 Å². The molecule has 0 aliphatic rings. The summed E-state index contributed by atoms with van der Waals surface area (Å²) in [4.78, 5) is 23.2. The molecule has 0 saturated heterocycles. The Morgan fingerprint density at radius 1 is 1.00 bits per heavy atom. The Labute approximate surface area is 177 Å². The molecule has 30 heavy (non-hydrogen) atoms. The van der Waals surface area contributed by atoms with E-state index >= 15 is 0 Å². The first-order chi connectivity index (χ1) is 14.2. The summed E-state index contributed by atoms with van der Waals surface area (Å²) in [5.41, 5.74) is 0.653. The number of carbonyl (C=O) groups excluding carboxylic acids is 1. The van der Waals surface area contributed by atoms with Crippen LogP contribution in [0.5, 0.6) is 0 Å². The fourth-order valence-corrected chi connectivity index (χ4v) is 4.02. The van der Waals surface area contributed by atoms with Gasteiger partial charge in [0.25, 0.3) is 21.6 Å². The van der Waals surface area contributed by atoms with Crippen molar-refractivity contribution >= 4 is 44.6 Å². The van der Waals surface area contributed by atoms with E-state index in [2.05, 4.69) is 10.0 Å². The first kappa shape index (κ1) is 21.3. The minimum Gasteiger partial charge on any atom is -0.320 e. The summed E-state index contributed by atoms with van der Waals surface area (Å²) in [5, 5.41) is 13.6. The van der Waals surface area contributed by atoms with Crippen molar-refractivity contribution in [3.63, 3.8) is 0 Å². The molecule has 0 heterocycles. The van der Waals surface area contributed by atoms with Crippen molar-refractivity contribution in [1.82, 2.24) is 0 Å². The Morgan fingerprint density at radius 3 is 2.37 bits per heavy atom. The Balaban J connectivity index is 1.89. The minimum absolute atomic E-state index is 0.0746. The van der Waals surface area contributed by atoms with Crippen LogP contribution in [-0.2, 0) is 10.0 Å². The summed E-state index contributed by atoms with van der Waals surface area (Å²) in [5.74, 6) is -0.587. The molecule has 0 fully saturated rings. The van der Waals surface area contributed by atoms with Crippen molar-refractivity contribution in [2.75, 3.05) is 10.0 Å². The van der Waals surface area contributed by atoms with Crippen LogP contribution in [0.25, 0.3) is 0 Å². The number of anilines is 2. The third kappa shape index (κ3) is 4.58. The number of nitro groups is 1. The van der Waals surface area contributed by atoms with Gasteiger partial charge in [0.15, 0.2) is 0 Å². The molecule has 3 aromatic carbocycles. The number of nitrogens with zero attached hydrogens (tertiary/aromatic N) is 1. The number of nitro benzene ring substituents is 1. The van der Waals surface area contributed by atoms with Gasteiger partial charge < -0.3 is 5.32 Å². The maximum absolute atomic E-state index is 12.7. The summed E-state index contributed by atoms with van der Waals surface area (Å²) in [6.07, 6.45) is 0. The number of hydrogen-bond donors (Lipinski definition) is 2. The molecule has 1 amide bonds. The molecule has 0 unspecified atom stereocenters. The highest BCUT2D eigenvalue weighted by molar-refractivity contribution is 7.92. The van der Waals surface area contributed by atoms with Gasteiger partial charge in [0, 0.05) is 17.7 Å². The molecule has 0 saturated carbocycles. The van der Waals surface area contributed by atoms with Crippen LogP contribution in [0.15, 0.2) is 71.6 Å². The van der Waals surface area contributed by atoms with Gasteiger partial charge in [0.2, 0.25) is 0 Å². The average Bonchev–Trinajstić information content (AvgIpc) is 2.71. The van der Waals surface area contributed by atoms with Crippen molar-refractivity contribution in [1.29, 1.82) is 0 Å². The van der Waals surface area contributed by atoms with Crippen LogP contribution < -0.4 is 10.0 Å². The first-order valence-corrected chi connectivity index (χ1v) is 10.5. The lowest BCUT2D eigenvalue weighted by Crippen LogP contribution is -2.17. The van der Waals surface area contributed by atoms with Crippen molar-refractivity contribution in [2.24, 2.45) is 0 Å². The number of amides is 1. The first-order valence-electron chi connectivity index (χ1n) is 8.62. The lowest BCUT2D eigenvalue weighted by Gasteiger charge is -2.14. The van der Waals surface area contributed by atoms with Crippen molar-refractivity contribution < 1.29 is 18.1 Å². The maximum atomic E-state index is 12.7. The fraction of sp³-hybridized carbons (Fsp3) is 0.0500. The predicted molar refractivity (Wildman–Crippen MR) is 114 cm³/mol. The van der Waals surface area contributed by atoms with E-state index in [-0.39, 0.29) is 32.5 Å². The molecule has 8 nitrogen and oxygen atoms in total. The standard InChI is InChI=1S/C20H16ClN3O5S/c1-13-16(20(25)22-19-12-14(24(26)27)10-11-17(19)21)8-5-9-18(13)23-30(28,29)15-6-3-2-4-7-15/h2-12,23H,1H3,(H,22,25). The molecule has 0 aliphatic carbocycles. The van der Waals surface area contributed by atoms with E-state index in [4.69, 9.17) is 11.6 Å². The summed E-state index contributed by atoms with van der Waals surface area (Å²) < 4.78 is 27.6. The number of sulfonamides is 1. The Morgan fingerprint density at radius 2 is 1.70 bits per heavy atom. The van der Waals surface area contributed by atoms with Gasteiger partial charge >= 0.3 is 0 Å². The normalized spacial score (nSPS) is 11.0. The fourth-order valence-electron chi connectivity index (χ4n) is 2.71. The molecule has 0 aliphatic heterocycles. The number of nitrogens with one attached hydrogen (secondary N) is 2. The third-order valence-electron chi connectivity index (χ3n) is 4.29. The van der Waals surface area contributed by atoms with Crippen molar-refractivity contribution in [3.05, 3.63) is 93.0 Å². The van der Waals surface area contributed by atoms with Gasteiger partial charge in [-0.15, -0.1) is 0 Å². The van der Waals surface area contributed by atoms with Crippen LogP contribution in [0.2, 0.25) is 5.02 Å². The number of benzene rings is 3. The average molecular weight is 446 g/mol. The highest BCUT2D eigenvalue weighted by Crippen LogP contribution is 2.28. The van der Waals surface area contributed by atoms with Crippen LogP contribution >= 0.6 is 11.6 Å². The van der Waals surface area contributed by atoms with Crippen LogP contribution in [0.1, 0.15) is 15.9 Å². The van der Waals surface area contributed by atoms with E-state index in [1.165, 1.54) is 42.5 Å². The summed E-state index contributed by atoms with van der Waals surface area (Å²) >= 11 is 6.03. The second-order valence-corrected chi connectivity index (χ2v) is 8.36. The summed E-state index contributed by atoms with van der Waals surface area (Å²) in [6.45, 7) is 1.59. The Kier molecular flexibility index (Phi) is 6.04. The number of halogens is 1. The van der Waals surface area contributed by atoms with E-state index in [9.17, 15) is 23.3 Å². The Hall–Kier alpha value is -3.43. The topological polar surface area (TPSA) is 118 Å². The smallest absolute Gasteiger partial charge is 0.271 e. The number of hydrogen-bond acceptors (Lipinski definition) is 5. The largest absolute Gasteiger partial charge is 0.320 e. The van der Waals surface area contributed by atoms with Gasteiger partial charge in [0.1, 0.15) is 0 Å². The second-order valence-electron chi connectivity index (χ2n) is 6.27. The maximum Gasteiger partial charge on any atom is 0.271 e. The second kappa shape index (κ2) is 8.52. The molecule has 0 bridgehead atoms. The number of carbonyl (C=O) groups is 1. The van der Waals surface area contributed by atoms with Crippen LogP contribution in [0, 0.1) is 17.0 Å². The highest BCUT2D eigenvalue weighted by Gasteiger charge is 2.19. The number of rotatable bonds is 6. The highest BCUT2D eigenvalue weighted by atomic mass is 35.5. The van der Waals surface area contributed by atoms with E-state index in [1.807, 2.05) is 0 Å². The van der Waals surface area contributed by atoms with E-state index in [0.717, 1.165) is 6.07 Å². The third-order valence-corrected chi connectivity index (χ3v) is 6.00. The van der Waals surface area contributed by atoms with E-state index in [1.54, 1.807) is 25.1 Å². The van der Waals surface area contributed by atoms with Crippen LogP contribution in [0.4, 0.5) is 17.1 Å². The molecule has 10 heteroatoms. The van der Waals surface area contributed by atoms with E-state index in [0.29, 0.717) is 5.56 Å². The monoisotopic (exact) mass is 445 g/mol. The zero-order valence-electron chi connectivity index (χ0n) is 15.6. The van der Waals surface area contributed by atoms with Crippen molar-refractivity contribution in [3.8, 4) is 0 Å². The predicted octanol–water partition coefficient (Wildman–Crippen LogP) is 4.61. The lowest BCUT2D eigenvalue weighted by atomic mass is 10.1. The number of non-ortho nitro benzene ring substituents is 1. The van der Waals surface area contributed by atoms with Gasteiger partial charge in [-0.3, -0.25) is 19.6 Å². The van der Waals surface area contributed by atoms with Crippen LogP contribution in [0.3, 0.4) is 0 Å². The molecule has 2 N–H and O–H groups in total. The SMILES string of the molecule is Cc1c(NS(=O)(=O)c2ccccc2)cccc1C(=O)Nc1cc([N+](=O)[O-])ccc1Cl. The van der Waals surface area contributed by atoms with Gasteiger partial charge in [0.05, 0.1) is 26.2 Å². The minimum atomic E-state index is -3.84. The molecule has 0 aromatic heterocycles. The molecule has 3 rings (SSSR count). The molecule has 0 atom stereocenters. The molecule has 154 valence electrons. The molecule has 0 radical (unpaired) electrons. The van der Waals surface area contributed by atoms with Crippen LogP contribution in [-0.4, -0.2) is 19.2 Å². The van der Waals surface area contributed by atoms with Crippen molar-refractivity contribution in [2.45, 2.75) is 11.8 Å². The molecule has 0 spiro atoms. The zero-order valence-corrected chi connectivity index (χ0v) is 17.2. The molecular weight excluding hydrogens is 430 g/mol. The summed E-state index contributed by atoms with van der Waals surface area (Å²) in [7, 11) is -3.84. The lowest BCUT2D eigenvalue weighted by molar-refractivity contribution is -0.384. The quantitative estimate of drug-likeness (QED) is 0.424. The molecular formula is C20H16ClN3O5S. The van der Waals surface area contributed by atoms with E-state index < -0.39 is 20.9 Å². The summed E-state index contributed by atoms with van der Waals surface area (Å²) in [6, 6.07) is 16.1. The zero-order chi connectivity index (χ0) is 21.9. The van der Waals surface area contributed by atoms with Gasteiger partial charge in [-0.05, 0) is 42.8 Å².